The van der Waals surface area contributed by atoms with Crippen molar-refractivity contribution in [2.24, 2.45) is 5.73 Å². The molecule has 5 heteroatoms. The van der Waals surface area contributed by atoms with Crippen molar-refractivity contribution in [1.29, 1.82) is 0 Å². The molecule has 2 atom stereocenters. The van der Waals surface area contributed by atoms with Gasteiger partial charge in [0.05, 0.1) is 11.6 Å². The van der Waals surface area contributed by atoms with Crippen LogP contribution in [0.2, 0.25) is 0 Å². The van der Waals surface area contributed by atoms with Crippen molar-refractivity contribution in [1.82, 2.24) is 9.47 Å². The van der Waals surface area contributed by atoms with E-state index in [1.807, 2.05) is 24.0 Å². The normalized spacial score (nSPS) is 18.3. The Morgan fingerprint density at radius 2 is 1.92 bits per heavy atom. The predicted molar refractivity (Wildman–Crippen MR) is 99.9 cm³/mol. The molecule has 1 aromatic carbocycles. The Hall–Kier alpha value is -1.78. The third-order valence-electron chi connectivity index (χ3n) is 4.90. The first kappa shape index (κ1) is 18.6. The zero-order valence-corrected chi connectivity index (χ0v) is 15.3. The lowest BCUT2D eigenvalue weighted by Crippen LogP contribution is -2.32. The molecule has 1 unspecified atom stereocenters. The monoisotopic (exact) mass is 347 g/mol. The number of carbonyl (C=O) groups excluding carboxylic acids is 1. The summed E-state index contributed by atoms with van der Waals surface area (Å²) in [5, 5.41) is 0. The Labute approximate surface area is 150 Å². The summed E-state index contributed by atoms with van der Waals surface area (Å²) >= 11 is 0. The molecule has 1 fully saturated rings. The standard InChI is InChI=1S/C19H25N3O.ClH/c1-13-11-18(19(23)21-10-9-17(20)12-21)15(3)22(13)14(2)16-7-5-4-6-8-16;/h4-8,11,14,17H,9-10,12,20H2,1-3H3;1H/t14?,17-;/m1./s1. The highest BCUT2D eigenvalue weighted by atomic mass is 35.5. The van der Waals surface area contributed by atoms with Gasteiger partial charge in [0.25, 0.3) is 5.91 Å². The van der Waals surface area contributed by atoms with E-state index in [4.69, 9.17) is 5.73 Å². The van der Waals surface area contributed by atoms with E-state index in [1.165, 1.54) is 5.56 Å². The average molecular weight is 348 g/mol. The number of likely N-dealkylation sites (tertiary alicyclic amines) is 1. The van der Waals surface area contributed by atoms with Gasteiger partial charge in [-0.1, -0.05) is 30.3 Å². The second-order valence-electron chi connectivity index (χ2n) is 6.54. The van der Waals surface area contributed by atoms with Crippen molar-refractivity contribution in [2.75, 3.05) is 13.1 Å². The molecule has 1 aliphatic heterocycles. The SMILES string of the molecule is Cc1cc(C(=O)N2CC[C@@H](N)C2)c(C)n1C(C)c1ccccc1.Cl. The first-order valence-corrected chi connectivity index (χ1v) is 8.27. The molecule has 0 spiro atoms. The van der Waals surface area contributed by atoms with Crippen LogP contribution in [0.15, 0.2) is 36.4 Å². The van der Waals surface area contributed by atoms with Crippen LogP contribution in [0.1, 0.15) is 46.7 Å². The van der Waals surface area contributed by atoms with E-state index in [-0.39, 0.29) is 30.4 Å². The number of aryl methyl sites for hydroxylation is 1. The van der Waals surface area contributed by atoms with E-state index in [2.05, 4.69) is 42.7 Å². The first-order valence-electron chi connectivity index (χ1n) is 8.27. The molecule has 1 amide bonds. The molecule has 4 nitrogen and oxygen atoms in total. The maximum atomic E-state index is 12.8. The second kappa shape index (κ2) is 7.41. The number of nitrogens with two attached hydrogens (primary N) is 1. The summed E-state index contributed by atoms with van der Waals surface area (Å²) in [5.74, 6) is 0.109. The number of aromatic nitrogens is 1. The number of amides is 1. The number of halogens is 1. The van der Waals surface area contributed by atoms with Crippen LogP contribution in [0, 0.1) is 13.8 Å². The van der Waals surface area contributed by atoms with Gasteiger partial charge in [0.2, 0.25) is 0 Å². The molecule has 3 rings (SSSR count). The van der Waals surface area contributed by atoms with E-state index < -0.39 is 0 Å². The van der Waals surface area contributed by atoms with Crippen LogP contribution >= 0.6 is 12.4 Å². The van der Waals surface area contributed by atoms with Crippen LogP contribution in [0.3, 0.4) is 0 Å². The van der Waals surface area contributed by atoms with Gasteiger partial charge in [-0.05, 0) is 38.8 Å². The summed E-state index contributed by atoms with van der Waals surface area (Å²) in [5.41, 5.74) is 10.1. The van der Waals surface area contributed by atoms with Crippen LogP contribution in [0.25, 0.3) is 0 Å². The molecule has 1 aromatic heterocycles. The summed E-state index contributed by atoms with van der Waals surface area (Å²) in [7, 11) is 0. The Morgan fingerprint density at radius 3 is 2.50 bits per heavy atom. The molecule has 2 aromatic rings. The molecular formula is C19H26ClN3O. The number of hydrogen-bond donors (Lipinski definition) is 1. The molecule has 130 valence electrons. The smallest absolute Gasteiger partial charge is 0.255 e. The van der Waals surface area contributed by atoms with Crippen LogP contribution in [-0.2, 0) is 0 Å². The number of carbonyl (C=O) groups is 1. The summed E-state index contributed by atoms with van der Waals surface area (Å²) < 4.78 is 2.25. The van der Waals surface area contributed by atoms with Gasteiger partial charge < -0.3 is 15.2 Å². The van der Waals surface area contributed by atoms with Crippen molar-refractivity contribution >= 4 is 18.3 Å². The minimum Gasteiger partial charge on any atom is -0.341 e. The highest BCUT2D eigenvalue weighted by Gasteiger charge is 2.28. The molecule has 2 heterocycles. The minimum absolute atomic E-state index is 0. The molecule has 2 N–H and O–H groups in total. The quantitative estimate of drug-likeness (QED) is 0.926. The van der Waals surface area contributed by atoms with Crippen LogP contribution in [-0.4, -0.2) is 34.5 Å². The van der Waals surface area contributed by atoms with Crippen molar-refractivity contribution in [3.8, 4) is 0 Å². The fourth-order valence-electron chi connectivity index (χ4n) is 3.61. The molecule has 0 radical (unpaired) electrons. The van der Waals surface area contributed by atoms with Crippen molar-refractivity contribution in [3.05, 3.63) is 58.9 Å². The van der Waals surface area contributed by atoms with E-state index in [9.17, 15) is 4.79 Å². The summed E-state index contributed by atoms with van der Waals surface area (Å²) in [4.78, 5) is 14.7. The van der Waals surface area contributed by atoms with Crippen LogP contribution in [0.5, 0.6) is 0 Å². The largest absolute Gasteiger partial charge is 0.341 e. The minimum atomic E-state index is 0. The highest BCUT2D eigenvalue weighted by molar-refractivity contribution is 5.96. The van der Waals surface area contributed by atoms with E-state index in [1.54, 1.807) is 0 Å². The lowest BCUT2D eigenvalue weighted by atomic mass is 10.1. The number of hydrogen-bond acceptors (Lipinski definition) is 2. The van der Waals surface area contributed by atoms with E-state index >= 15 is 0 Å². The predicted octanol–water partition coefficient (Wildman–Crippen LogP) is 3.31. The third-order valence-corrected chi connectivity index (χ3v) is 4.90. The molecule has 24 heavy (non-hydrogen) atoms. The zero-order valence-electron chi connectivity index (χ0n) is 14.5. The van der Waals surface area contributed by atoms with Gasteiger partial charge in [-0.15, -0.1) is 12.4 Å². The molecule has 0 bridgehead atoms. The van der Waals surface area contributed by atoms with Gasteiger partial charge in [-0.25, -0.2) is 0 Å². The average Bonchev–Trinajstić information content (AvgIpc) is 3.10. The number of benzene rings is 1. The van der Waals surface area contributed by atoms with Gasteiger partial charge >= 0.3 is 0 Å². The number of rotatable bonds is 3. The van der Waals surface area contributed by atoms with Crippen molar-refractivity contribution < 1.29 is 4.79 Å². The molecule has 0 aliphatic carbocycles. The zero-order chi connectivity index (χ0) is 16.6. The topological polar surface area (TPSA) is 51.3 Å². The maximum Gasteiger partial charge on any atom is 0.255 e. The molecule has 1 saturated heterocycles. The lowest BCUT2D eigenvalue weighted by molar-refractivity contribution is 0.0790. The van der Waals surface area contributed by atoms with Gasteiger partial charge in [-0.3, -0.25) is 4.79 Å². The van der Waals surface area contributed by atoms with E-state index in [0.717, 1.165) is 29.9 Å². The third kappa shape index (κ3) is 3.35. The van der Waals surface area contributed by atoms with E-state index in [0.29, 0.717) is 6.54 Å². The Balaban J connectivity index is 0.00000208. The van der Waals surface area contributed by atoms with Gasteiger partial charge in [0.1, 0.15) is 0 Å². The fourth-order valence-corrected chi connectivity index (χ4v) is 3.61. The van der Waals surface area contributed by atoms with Crippen LogP contribution in [0.4, 0.5) is 0 Å². The summed E-state index contributed by atoms with van der Waals surface area (Å²) in [6.07, 6.45) is 0.894. The second-order valence-corrected chi connectivity index (χ2v) is 6.54. The highest BCUT2D eigenvalue weighted by Crippen LogP contribution is 2.26. The summed E-state index contributed by atoms with van der Waals surface area (Å²) in [6.45, 7) is 7.71. The first-order chi connectivity index (χ1) is 11.0. The molecule has 0 saturated carbocycles. The maximum absolute atomic E-state index is 12.8. The Bertz CT molecular complexity index is 711. The van der Waals surface area contributed by atoms with Crippen molar-refractivity contribution in [2.45, 2.75) is 39.3 Å². The van der Waals surface area contributed by atoms with Gasteiger partial charge in [0.15, 0.2) is 0 Å². The van der Waals surface area contributed by atoms with Gasteiger partial charge in [-0.2, -0.15) is 0 Å². The Morgan fingerprint density at radius 1 is 1.25 bits per heavy atom. The molecule has 1 aliphatic rings. The fraction of sp³-hybridized carbons (Fsp3) is 0.421. The van der Waals surface area contributed by atoms with Gasteiger partial charge in [0, 0.05) is 30.5 Å². The Kier molecular flexibility index (Phi) is 5.73. The number of nitrogens with zero attached hydrogens (tertiary/aromatic N) is 2. The summed E-state index contributed by atoms with van der Waals surface area (Å²) in [6, 6.07) is 12.7. The molecular weight excluding hydrogens is 322 g/mol. The lowest BCUT2D eigenvalue weighted by Gasteiger charge is -2.20. The van der Waals surface area contributed by atoms with Crippen molar-refractivity contribution in [3.63, 3.8) is 0 Å². The van der Waals surface area contributed by atoms with Crippen LogP contribution < -0.4 is 5.73 Å².